The zero-order chi connectivity index (χ0) is 28.1. The largest absolute Gasteiger partial charge is 0.238 e. The SMILES string of the molecule is CCCCCCCCCCCCCCCCc1cc(CCCCCCCCCCCCCCCC)nc(C)n1. The lowest BCUT2D eigenvalue weighted by molar-refractivity contribution is 0.534. The van der Waals surface area contributed by atoms with Gasteiger partial charge in [0, 0.05) is 11.4 Å². The average molecular weight is 543 g/mol. The smallest absolute Gasteiger partial charge is 0.125 e. The third-order valence-corrected chi connectivity index (χ3v) is 8.52. The molecule has 39 heavy (non-hydrogen) atoms. The first kappa shape index (κ1) is 36.1. The zero-order valence-corrected chi connectivity index (χ0v) is 27.2. The minimum atomic E-state index is 0.971. The van der Waals surface area contributed by atoms with Crippen molar-refractivity contribution in [1.82, 2.24) is 9.97 Å². The van der Waals surface area contributed by atoms with E-state index in [0.29, 0.717) is 0 Å². The summed E-state index contributed by atoms with van der Waals surface area (Å²) >= 11 is 0. The third kappa shape index (κ3) is 24.6. The van der Waals surface area contributed by atoms with Crippen LogP contribution in [0.5, 0.6) is 0 Å². The van der Waals surface area contributed by atoms with Gasteiger partial charge < -0.3 is 0 Å². The second kappa shape index (κ2) is 28.6. The van der Waals surface area contributed by atoms with Crippen molar-refractivity contribution in [1.29, 1.82) is 0 Å². The second-order valence-electron chi connectivity index (χ2n) is 12.6. The van der Waals surface area contributed by atoms with Crippen LogP contribution < -0.4 is 0 Å². The molecule has 0 aliphatic rings. The normalized spacial score (nSPS) is 11.5. The Kier molecular flexibility index (Phi) is 26.5. The highest BCUT2D eigenvalue weighted by atomic mass is 14.9. The van der Waals surface area contributed by atoms with E-state index >= 15 is 0 Å². The van der Waals surface area contributed by atoms with Crippen molar-refractivity contribution in [2.24, 2.45) is 0 Å². The molecule has 0 spiro atoms. The summed E-state index contributed by atoms with van der Waals surface area (Å²) < 4.78 is 0. The predicted molar refractivity (Wildman–Crippen MR) is 175 cm³/mol. The fourth-order valence-corrected chi connectivity index (χ4v) is 5.95. The molecule has 0 aromatic carbocycles. The van der Waals surface area contributed by atoms with Crippen molar-refractivity contribution in [2.45, 2.75) is 213 Å². The predicted octanol–water partition coefficient (Wildman–Crippen LogP) is 12.8. The number of aryl methyl sites for hydroxylation is 3. The topological polar surface area (TPSA) is 25.8 Å². The Labute approximate surface area is 246 Å². The molecular weight excluding hydrogens is 472 g/mol. The minimum absolute atomic E-state index is 0.971. The van der Waals surface area contributed by atoms with Crippen LogP contribution in [0.3, 0.4) is 0 Å². The van der Waals surface area contributed by atoms with Gasteiger partial charge in [0.1, 0.15) is 5.82 Å². The van der Waals surface area contributed by atoms with E-state index in [2.05, 4.69) is 26.8 Å². The Morgan fingerprint density at radius 1 is 0.359 bits per heavy atom. The zero-order valence-electron chi connectivity index (χ0n) is 27.2. The lowest BCUT2D eigenvalue weighted by atomic mass is 10.0. The molecule has 0 saturated heterocycles. The minimum Gasteiger partial charge on any atom is -0.238 e. The first-order valence-electron chi connectivity index (χ1n) is 18.1. The van der Waals surface area contributed by atoms with Crippen LogP contribution in [0, 0.1) is 6.92 Å². The van der Waals surface area contributed by atoms with E-state index in [0.717, 1.165) is 18.7 Å². The summed E-state index contributed by atoms with van der Waals surface area (Å²) in [7, 11) is 0. The number of nitrogens with zero attached hydrogens (tertiary/aromatic N) is 2. The van der Waals surface area contributed by atoms with Gasteiger partial charge in [-0.25, -0.2) is 9.97 Å². The molecule has 2 nitrogen and oxygen atoms in total. The molecule has 0 radical (unpaired) electrons. The molecule has 1 heterocycles. The van der Waals surface area contributed by atoms with Crippen molar-refractivity contribution in [2.75, 3.05) is 0 Å². The fraction of sp³-hybridized carbons (Fsp3) is 0.892. The molecule has 0 N–H and O–H groups in total. The van der Waals surface area contributed by atoms with Gasteiger partial charge in [0.15, 0.2) is 0 Å². The van der Waals surface area contributed by atoms with E-state index in [1.54, 1.807) is 0 Å². The number of hydrogen-bond acceptors (Lipinski definition) is 2. The summed E-state index contributed by atoms with van der Waals surface area (Å²) in [6.45, 7) is 6.67. The van der Waals surface area contributed by atoms with Crippen molar-refractivity contribution >= 4 is 0 Å². The summed E-state index contributed by atoms with van der Waals surface area (Å²) in [6.07, 6.45) is 42.0. The average Bonchev–Trinajstić information content (AvgIpc) is 2.93. The van der Waals surface area contributed by atoms with Crippen LogP contribution in [0.25, 0.3) is 0 Å². The number of aromatic nitrogens is 2. The quantitative estimate of drug-likeness (QED) is 0.0903. The molecule has 1 rings (SSSR count). The van der Waals surface area contributed by atoms with Crippen molar-refractivity contribution in [3.63, 3.8) is 0 Å². The Morgan fingerprint density at radius 3 is 0.846 bits per heavy atom. The van der Waals surface area contributed by atoms with Gasteiger partial charge in [0.05, 0.1) is 0 Å². The van der Waals surface area contributed by atoms with Gasteiger partial charge in [-0.3, -0.25) is 0 Å². The molecule has 0 aliphatic heterocycles. The number of hydrogen-bond donors (Lipinski definition) is 0. The van der Waals surface area contributed by atoms with Crippen molar-refractivity contribution in [3.05, 3.63) is 23.3 Å². The Balaban J connectivity index is 1.95. The summed E-state index contributed by atoms with van der Waals surface area (Å²) in [6, 6.07) is 2.30. The van der Waals surface area contributed by atoms with Crippen LogP contribution >= 0.6 is 0 Å². The lowest BCUT2D eigenvalue weighted by Gasteiger charge is -2.07. The summed E-state index contributed by atoms with van der Waals surface area (Å²) in [5.41, 5.74) is 2.56. The van der Waals surface area contributed by atoms with Gasteiger partial charge in [-0.15, -0.1) is 0 Å². The highest BCUT2D eigenvalue weighted by molar-refractivity contribution is 5.11. The van der Waals surface area contributed by atoms with Crippen LogP contribution in [0.2, 0.25) is 0 Å². The third-order valence-electron chi connectivity index (χ3n) is 8.52. The maximum absolute atomic E-state index is 4.74. The molecule has 0 aliphatic carbocycles. The van der Waals surface area contributed by atoms with E-state index in [1.165, 1.54) is 191 Å². The monoisotopic (exact) mass is 543 g/mol. The van der Waals surface area contributed by atoms with E-state index in [4.69, 9.17) is 9.97 Å². The van der Waals surface area contributed by atoms with Crippen molar-refractivity contribution < 1.29 is 0 Å². The highest BCUT2D eigenvalue weighted by Gasteiger charge is 2.03. The van der Waals surface area contributed by atoms with Crippen LogP contribution in [0.15, 0.2) is 6.07 Å². The maximum Gasteiger partial charge on any atom is 0.125 e. The van der Waals surface area contributed by atoms with E-state index in [-0.39, 0.29) is 0 Å². The molecular formula is C37H70N2. The summed E-state index contributed by atoms with van der Waals surface area (Å²) in [5.74, 6) is 0.971. The van der Waals surface area contributed by atoms with Crippen LogP contribution in [-0.2, 0) is 12.8 Å². The summed E-state index contributed by atoms with van der Waals surface area (Å²) in [5, 5.41) is 0. The van der Waals surface area contributed by atoms with Gasteiger partial charge in [0.25, 0.3) is 0 Å². The van der Waals surface area contributed by atoms with E-state index < -0.39 is 0 Å². The standard InChI is InChI=1S/C37H70N2/c1-4-6-8-10-12-14-16-18-20-22-24-26-28-30-32-36-34-37(39-35(3)38-36)33-31-29-27-25-23-21-19-17-15-13-11-9-7-5-2/h34H,4-33H2,1-3H3. The first-order chi connectivity index (χ1) is 19.3. The molecule has 228 valence electrons. The van der Waals surface area contributed by atoms with Crippen LogP contribution in [0.4, 0.5) is 0 Å². The van der Waals surface area contributed by atoms with Gasteiger partial charge >= 0.3 is 0 Å². The van der Waals surface area contributed by atoms with Crippen LogP contribution in [-0.4, -0.2) is 9.97 Å². The molecule has 1 aromatic heterocycles. The molecule has 0 fully saturated rings. The number of rotatable bonds is 30. The molecule has 0 saturated carbocycles. The molecule has 0 amide bonds. The van der Waals surface area contributed by atoms with E-state index in [9.17, 15) is 0 Å². The fourth-order valence-electron chi connectivity index (χ4n) is 5.95. The van der Waals surface area contributed by atoms with Gasteiger partial charge in [-0.2, -0.15) is 0 Å². The lowest BCUT2D eigenvalue weighted by Crippen LogP contribution is -2.01. The summed E-state index contributed by atoms with van der Waals surface area (Å²) in [4.78, 5) is 9.48. The van der Waals surface area contributed by atoms with Crippen LogP contribution in [0.1, 0.15) is 211 Å². The molecule has 2 heteroatoms. The van der Waals surface area contributed by atoms with E-state index in [1.807, 2.05) is 0 Å². The first-order valence-corrected chi connectivity index (χ1v) is 18.1. The second-order valence-corrected chi connectivity index (χ2v) is 12.6. The Morgan fingerprint density at radius 2 is 0.590 bits per heavy atom. The van der Waals surface area contributed by atoms with Gasteiger partial charge in [-0.05, 0) is 38.7 Å². The van der Waals surface area contributed by atoms with Crippen molar-refractivity contribution in [3.8, 4) is 0 Å². The molecule has 0 atom stereocenters. The highest BCUT2D eigenvalue weighted by Crippen LogP contribution is 2.16. The molecule has 0 bridgehead atoms. The molecule has 1 aromatic rings. The molecule has 0 unspecified atom stereocenters. The Hall–Kier alpha value is -0.920. The van der Waals surface area contributed by atoms with Gasteiger partial charge in [-0.1, -0.05) is 181 Å². The maximum atomic E-state index is 4.74. The number of unbranched alkanes of at least 4 members (excludes halogenated alkanes) is 26. The Bertz CT molecular complexity index is 576. The van der Waals surface area contributed by atoms with Gasteiger partial charge in [0.2, 0.25) is 0 Å².